The molecule has 7 heteroatoms. The van der Waals surface area contributed by atoms with Crippen LogP contribution in [0, 0.1) is 6.92 Å². The van der Waals surface area contributed by atoms with Gasteiger partial charge in [0.15, 0.2) is 13.2 Å². The third-order valence-electron chi connectivity index (χ3n) is 4.52. The minimum atomic E-state index is -0.147. The maximum absolute atomic E-state index is 12.3. The van der Waals surface area contributed by atoms with Gasteiger partial charge in [0.25, 0.3) is 11.8 Å². The van der Waals surface area contributed by atoms with Gasteiger partial charge in [-0.05, 0) is 36.8 Å². The molecule has 2 aromatic carbocycles. The highest BCUT2D eigenvalue weighted by Crippen LogP contribution is 2.18. The maximum atomic E-state index is 12.3. The molecule has 3 rings (SSSR count). The molecule has 28 heavy (non-hydrogen) atoms. The Morgan fingerprint density at radius 3 is 1.86 bits per heavy atom. The molecule has 0 aromatic heterocycles. The van der Waals surface area contributed by atoms with Crippen molar-refractivity contribution in [3.63, 3.8) is 0 Å². The van der Waals surface area contributed by atoms with Crippen molar-refractivity contribution in [2.45, 2.75) is 6.92 Å². The minimum absolute atomic E-state index is 0.0159. The summed E-state index contributed by atoms with van der Waals surface area (Å²) in [4.78, 5) is 28.0. The van der Waals surface area contributed by atoms with E-state index in [0.717, 1.165) is 5.56 Å². The average molecular weight is 384 g/mol. The molecule has 2 amide bonds. The van der Waals surface area contributed by atoms with Gasteiger partial charge < -0.3 is 24.4 Å². The van der Waals surface area contributed by atoms with Crippen LogP contribution in [0.3, 0.4) is 0 Å². The number of phenols is 1. The molecule has 2 aromatic rings. The smallest absolute Gasteiger partial charge is 0.260 e. The van der Waals surface area contributed by atoms with Crippen LogP contribution in [0.4, 0.5) is 0 Å². The fourth-order valence-electron chi connectivity index (χ4n) is 2.96. The first-order chi connectivity index (χ1) is 13.5. The highest BCUT2D eigenvalue weighted by molar-refractivity contribution is 5.80. The molecule has 1 heterocycles. The van der Waals surface area contributed by atoms with Crippen molar-refractivity contribution in [2.75, 3.05) is 39.4 Å². The van der Waals surface area contributed by atoms with Gasteiger partial charge >= 0.3 is 0 Å². The Bertz CT molecular complexity index is 762. The van der Waals surface area contributed by atoms with E-state index in [2.05, 4.69) is 0 Å². The van der Waals surface area contributed by atoms with Gasteiger partial charge in [-0.15, -0.1) is 0 Å². The molecule has 1 aliphatic heterocycles. The Morgan fingerprint density at radius 1 is 0.857 bits per heavy atom. The molecular formula is C21H24N2O5. The molecule has 0 aliphatic carbocycles. The summed E-state index contributed by atoms with van der Waals surface area (Å²) in [6.07, 6.45) is 0. The molecule has 1 N–H and O–H groups in total. The summed E-state index contributed by atoms with van der Waals surface area (Å²) < 4.78 is 11.0. The average Bonchev–Trinajstić information content (AvgIpc) is 2.70. The van der Waals surface area contributed by atoms with E-state index >= 15 is 0 Å². The summed E-state index contributed by atoms with van der Waals surface area (Å²) in [6, 6.07) is 13.9. The van der Waals surface area contributed by atoms with E-state index in [1.54, 1.807) is 21.9 Å². The van der Waals surface area contributed by atoms with Gasteiger partial charge in [-0.3, -0.25) is 9.59 Å². The van der Waals surface area contributed by atoms with Crippen LogP contribution < -0.4 is 9.47 Å². The van der Waals surface area contributed by atoms with Gasteiger partial charge in [0.2, 0.25) is 0 Å². The number of hydrogen-bond acceptors (Lipinski definition) is 5. The van der Waals surface area contributed by atoms with Crippen LogP contribution >= 0.6 is 0 Å². The first-order valence-corrected chi connectivity index (χ1v) is 9.18. The number of benzene rings is 2. The number of phenolic OH excluding ortho intramolecular Hbond substituents is 1. The highest BCUT2D eigenvalue weighted by atomic mass is 16.5. The number of hydrogen-bond donors (Lipinski definition) is 1. The lowest BCUT2D eigenvalue weighted by Crippen LogP contribution is -2.52. The number of amides is 2. The number of rotatable bonds is 6. The molecule has 148 valence electrons. The van der Waals surface area contributed by atoms with Crippen molar-refractivity contribution in [1.29, 1.82) is 0 Å². The molecule has 0 atom stereocenters. The van der Waals surface area contributed by atoms with Crippen molar-refractivity contribution in [1.82, 2.24) is 9.80 Å². The van der Waals surface area contributed by atoms with Crippen LogP contribution in [0.2, 0.25) is 0 Å². The van der Waals surface area contributed by atoms with Gasteiger partial charge in [-0.25, -0.2) is 0 Å². The second kappa shape index (κ2) is 9.12. The van der Waals surface area contributed by atoms with E-state index < -0.39 is 0 Å². The maximum Gasteiger partial charge on any atom is 0.260 e. The van der Waals surface area contributed by atoms with Crippen LogP contribution in [0.1, 0.15) is 5.56 Å². The number of piperazine rings is 1. The largest absolute Gasteiger partial charge is 0.508 e. The van der Waals surface area contributed by atoms with E-state index in [4.69, 9.17) is 9.47 Å². The first-order valence-electron chi connectivity index (χ1n) is 9.18. The second-order valence-electron chi connectivity index (χ2n) is 6.65. The zero-order chi connectivity index (χ0) is 19.9. The molecule has 0 radical (unpaired) electrons. The summed E-state index contributed by atoms with van der Waals surface area (Å²) in [5.41, 5.74) is 1.07. The lowest BCUT2D eigenvalue weighted by molar-refractivity contribution is -0.141. The molecule has 0 bridgehead atoms. The number of nitrogens with zero attached hydrogens (tertiary/aromatic N) is 2. The molecule has 1 fully saturated rings. The van der Waals surface area contributed by atoms with Gasteiger partial charge in [-0.1, -0.05) is 18.2 Å². The van der Waals surface area contributed by atoms with E-state index in [1.165, 1.54) is 12.1 Å². The molecular weight excluding hydrogens is 360 g/mol. The normalized spacial score (nSPS) is 13.9. The van der Waals surface area contributed by atoms with E-state index in [9.17, 15) is 14.7 Å². The Hall–Kier alpha value is -3.22. The zero-order valence-corrected chi connectivity index (χ0v) is 15.8. The number of carbonyl (C=O) groups excluding carboxylic acids is 2. The van der Waals surface area contributed by atoms with Gasteiger partial charge in [-0.2, -0.15) is 0 Å². The predicted molar refractivity (Wildman–Crippen MR) is 103 cm³/mol. The topological polar surface area (TPSA) is 79.3 Å². The highest BCUT2D eigenvalue weighted by Gasteiger charge is 2.24. The predicted octanol–water partition coefficient (Wildman–Crippen LogP) is 1.83. The molecule has 0 unspecified atom stereocenters. The van der Waals surface area contributed by atoms with Crippen molar-refractivity contribution in [3.05, 3.63) is 54.1 Å². The van der Waals surface area contributed by atoms with Crippen molar-refractivity contribution >= 4 is 11.8 Å². The lowest BCUT2D eigenvalue weighted by atomic mass is 10.2. The Morgan fingerprint density at radius 2 is 1.36 bits per heavy atom. The summed E-state index contributed by atoms with van der Waals surface area (Å²) in [7, 11) is 0. The van der Waals surface area contributed by atoms with Crippen LogP contribution in [-0.4, -0.2) is 66.1 Å². The van der Waals surface area contributed by atoms with Gasteiger partial charge in [0.1, 0.15) is 17.2 Å². The number of aryl methyl sites for hydroxylation is 1. The van der Waals surface area contributed by atoms with E-state index in [0.29, 0.717) is 37.7 Å². The summed E-state index contributed by atoms with van der Waals surface area (Å²) in [5.74, 6) is 0.961. The van der Waals surface area contributed by atoms with Crippen LogP contribution in [-0.2, 0) is 9.59 Å². The number of aromatic hydroxyl groups is 1. The Balaban J connectivity index is 1.40. The fourth-order valence-corrected chi connectivity index (χ4v) is 2.96. The summed E-state index contributed by atoms with van der Waals surface area (Å²) >= 11 is 0. The minimum Gasteiger partial charge on any atom is -0.508 e. The monoisotopic (exact) mass is 384 g/mol. The third-order valence-corrected chi connectivity index (χ3v) is 4.52. The zero-order valence-electron chi connectivity index (χ0n) is 15.8. The Kier molecular flexibility index (Phi) is 6.37. The van der Waals surface area contributed by atoms with Crippen molar-refractivity contribution in [2.24, 2.45) is 0 Å². The van der Waals surface area contributed by atoms with Gasteiger partial charge in [0, 0.05) is 32.2 Å². The molecule has 7 nitrogen and oxygen atoms in total. The lowest BCUT2D eigenvalue weighted by Gasteiger charge is -2.34. The molecule has 0 spiro atoms. The summed E-state index contributed by atoms with van der Waals surface area (Å²) in [6.45, 7) is 3.69. The van der Waals surface area contributed by atoms with Crippen molar-refractivity contribution < 1.29 is 24.2 Å². The SMILES string of the molecule is Cc1cccc(OCC(=O)N2CCN(C(=O)COc3cccc(O)c3)CC2)c1. The first kappa shape index (κ1) is 19.5. The van der Waals surface area contributed by atoms with E-state index in [-0.39, 0.29) is 30.8 Å². The number of ether oxygens (including phenoxy) is 2. The third kappa shape index (κ3) is 5.39. The molecule has 0 saturated carbocycles. The molecule has 1 aliphatic rings. The van der Waals surface area contributed by atoms with Crippen LogP contribution in [0.25, 0.3) is 0 Å². The Labute approximate surface area is 164 Å². The van der Waals surface area contributed by atoms with Crippen LogP contribution in [0.15, 0.2) is 48.5 Å². The van der Waals surface area contributed by atoms with E-state index in [1.807, 2.05) is 31.2 Å². The quantitative estimate of drug-likeness (QED) is 0.822. The van der Waals surface area contributed by atoms with Crippen LogP contribution in [0.5, 0.6) is 17.2 Å². The number of carbonyl (C=O) groups is 2. The second-order valence-corrected chi connectivity index (χ2v) is 6.65. The standard InChI is InChI=1S/C21H24N2O5/c1-16-4-2-6-18(12-16)27-14-20(25)22-8-10-23(11-9-22)21(26)15-28-19-7-3-5-17(24)13-19/h2-7,12-13,24H,8-11,14-15H2,1H3. The fraction of sp³-hybridized carbons (Fsp3) is 0.333. The van der Waals surface area contributed by atoms with Gasteiger partial charge in [0.05, 0.1) is 0 Å². The van der Waals surface area contributed by atoms with Crippen molar-refractivity contribution in [3.8, 4) is 17.2 Å². The summed E-state index contributed by atoms with van der Waals surface area (Å²) in [5, 5.41) is 9.42. The molecule has 1 saturated heterocycles.